The molecule has 2 atom stereocenters. The maximum atomic E-state index is 5.72. The van der Waals surface area contributed by atoms with Crippen molar-refractivity contribution in [3.05, 3.63) is 18.0 Å². The molecule has 16 heavy (non-hydrogen) atoms. The summed E-state index contributed by atoms with van der Waals surface area (Å²) in [6.45, 7) is 0.884. The van der Waals surface area contributed by atoms with Crippen LogP contribution in [0.15, 0.2) is 12.4 Å². The molecule has 1 aromatic rings. The molecule has 5 nitrogen and oxygen atoms in total. The molecule has 90 valence electrons. The molecule has 0 radical (unpaired) electrons. The lowest BCUT2D eigenvalue weighted by Crippen LogP contribution is -2.32. The van der Waals surface area contributed by atoms with Gasteiger partial charge in [-0.05, 0) is 25.7 Å². The van der Waals surface area contributed by atoms with Gasteiger partial charge in [0.25, 0.3) is 0 Å². The zero-order chi connectivity index (χ0) is 11.4. The third-order valence-electron chi connectivity index (χ3n) is 3.10. The van der Waals surface area contributed by atoms with Crippen LogP contribution >= 0.6 is 0 Å². The Balaban J connectivity index is 1.94. The smallest absolute Gasteiger partial charge is 0.0593 e. The van der Waals surface area contributed by atoms with Crippen LogP contribution in [0.25, 0.3) is 0 Å². The third-order valence-corrected chi connectivity index (χ3v) is 3.10. The van der Waals surface area contributed by atoms with Crippen molar-refractivity contribution >= 4 is 0 Å². The fraction of sp³-hybridized carbons (Fsp3) is 0.727. The van der Waals surface area contributed by atoms with Gasteiger partial charge in [0, 0.05) is 25.4 Å². The largest absolute Gasteiger partial charge is 0.378 e. The van der Waals surface area contributed by atoms with E-state index in [1.54, 1.807) is 4.68 Å². The van der Waals surface area contributed by atoms with E-state index in [4.69, 9.17) is 10.6 Å². The summed E-state index contributed by atoms with van der Waals surface area (Å²) < 4.78 is 7.51. The number of hydrogen-bond donors (Lipinski definition) is 2. The van der Waals surface area contributed by atoms with E-state index in [-0.39, 0.29) is 6.04 Å². The average Bonchev–Trinajstić information content (AvgIpc) is 2.74. The van der Waals surface area contributed by atoms with Gasteiger partial charge in [0.2, 0.25) is 0 Å². The monoisotopic (exact) mass is 224 g/mol. The summed E-state index contributed by atoms with van der Waals surface area (Å²) in [6.07, 6.45) is 8.68. The normalized spacial score (nSPS) is 23.2. The van der Waals surface area contributed by atoms with Gasteiger partial charge in [0.15, 0.2) is 0 Å². The summed E-state index contributed by atoms with van der Waals surface area (Å²) in [5.74, 6) is 5.59. The topological polar surface area (TPSA) is 65.1 Å². The number of hydrazine groups is 1. The van der Waals surface area contributed by atoms with Gasteiger partial charge in [-0.1, -0.05) is 0 Å². The molecule has 0 aromatic carbocycles. The molecule has 3 N–H and O–H groups in total. The van der Waals surface area contributed by atoms with Crippen molar-refractivity contribution in [2.24, 2.45) is 12.9 Å². The molecule has 2 rings (SSSR count). The van der Waals surface area contributed by atoms with Crippen LogP contribution < -0.4 is 11.3 Å². The van der Waals surface area contributed by atoms with E-state index in [2.05, 4.69) is 10.5 Å². The Labute approximate surface area is 95.9 Å². The predicted octanol–water partition coefficient (Wildman–Crippen LogP) is 0.884. The number of ether oxygens (including phenoxy) is 1. The third kappa shape index (κ3) is 2.81. The minimum atomic E-state index is 0.136. The molecule has 0 bridgehead atoms. The molecule has 1 fully saturated rings. The lowest BCUT2D eigenvalue weighted by Gasteiger charge is -2.26. The summed E-state index contributed by atoms with van der Waals surface area (Å²) >= 11 is 0. The number of aryl methyl sites for hydroxylation is 1. The van der Waals surface area contributed by atoms with Gasteiger partial charge < -0.3 is 4.74 Å². The summed E-state index contributed by atoms with van der Waals surface area (Å²) in [4.78, 5) is 0. The zero-order valence-corrected chi connectivity index (χ0v) is 9.72. The van der Waals surface area contributed by atoms with Crippen molar-refractivity contribution in [3.8, 4) is 0 Å². The van der Waals surface area contributed by atoms with E-state index in [0.29, 0.717) is 6.10 Å². The molecule has 5 heteroatoms. The molecule has 0 spiro atoms. The van der Waals surface area contributed by atoms with Crippen molar-refractivity contribution in [2.45, 2.75) is 37.8 Å². The van der Waals surface area contributed by atoms with E-state index in [1.807, 2.05) is 19.4 Å². The minimum absolute atomic E-state index is 0.136. The Hall–Kier alpha value is -0.910. The molecule has 0 saturated carbocycles. The van der Waals surface area contributed by atoms with Gasteiger partial charge in [-0.15, -0.1) is 0 Å². The Morgan fingerprint density at radius 2 is 2.56 bits per heavy atom. The van der Waals surface area contributed by atoms with Crippen LogP contribution in [0.4, 0.5) is 0 Å². The van der Waals surface area contributed by atoms with Crippen molar-refractivity contribution < 1.29 is 4.74 Å². The molecule has 2 unspecified atom stereocenters. The van der Waals surface area contributed by atoms with Crippen LogP contribution in [0.1, 0.15) is 37.3 Å². The number of nitrogens with two attached hydrogens (primary N) is 1. The molecule has 1 aliphatic rings. The lowest BCUT2D eigenvalue weighted by atomic mass is 9.99. The van der Waals surface area contributed by atoms with Crippen molar-refractivity contribution in [1.29, 1.82) is 0 Å². The highest BCUT2D eigenvalue weighted by Crippen LogP contribution is 2.23. The molecule has 1 aromatic heterocycles. The van der Waals surface area contributed by atoms with Gasteiger partial charge in [-0.25, -0.2) is 0 Å². The van der Waals surface area contributed by atoms with Gasteiger partial charge in [-0.2, -0.15) is 5.10 Å². The number of rotatable bonds is 4. The van der Waals surface area contributed by atoms with E-state index >= 15 is 0 Å². The van der Waals surface area contributed by atoms with Crippen molar-refractivity contribution in [1.82, 2.24) is 15.2 Å². The Morgan fingerprint density at radius 3 is 3.12 bits per heavy atom. The second kappa shape index (κ2) is 5.43. The highest BCUT2D eigenvalue weighted by molar-refractivity contribution is 5.10. The zero-order valence-electron chi connectivity index (χ0n) is 9.72. The first-order valence-corrected chi connectivity index (χ1v) is 5.86. The van der Waals surface area contributed by atoms with Crippen LogP contribution in [0.2, 0.25) is 0 Å². The first kappa shape index (κ1) is 11.6. The van der Waals surface area contributed by atoms with Gasteiger partial charge in [-0.3, -0.25) is 16.0 Å². The summed E-state index contributed by atoms with van der Waals surface area (Å²) in [5, 5.41) is 4.16. The molecule has 1 saturated heterocycles. The van der Waals surface area contributed by atoms with Crippen LogP contribution in [0.5, 0.6) is 0 Å². The maximum Gasteiger partial charge on any atom is 0.0593 e. The van der Waals surface area contributed by atoms with Crippen LogP contribution in [-0.4, -0.2) is 22.5 Å². The van der Waals surface area contributed by atoms with E-state index in [0.717, 1.165) is 25.0 Å². The van der Waals surface area contributed by atoms with Gasteiger partial charge in [0.05, 0.1) is 18.3 Å². The summed E-state index contributed by atoms with van der Waals surface area (Å²) in [6, 6.07) is 0.136. The number of hydrogen-bond acceptors (Lipinski definition) is 4. The second-order valence-corrected chi connectivity index (χ2v) is 4.39. The summed E-state index contributed by atoms with van der Waals surface area (Å²) in [7, 11) is 1.91. The van der Waals surface area contributed by atoms with E-state index < -0.39 is 0 Å². The lowest BCUT2D eigenvalue weighted by molar-refractivity contribution is 0.00502. The summed E-state index contributed by atoms with van der Waals surface area (Å²) in [5.41, 5.74) is 3.97. The number of nitrogens with zero attached hydrogens (tertiary/aromatic N) is 2. The van der Waals surface area contributed by atoms with Gasteiger partial charge in [0.1, 0.15) is 0 Å². The Kier molecular flexibility index (Phi) is 3.93. The number of nitrogens with one attached hydrogen (secondary N) is 1. The molecule has 0 amide bonds. The van der Waals surface area contributed by atoms with Crippen LogP contribution in [0.3, 0.4) is 0 Å². The van der Waals surface area contributed by atoms with Crippen molar-refractivity contribution in [2.75, 3.05) is 6.61 Å². The molecule has 2 heterocycles. The molecule has 0 aliphatic carbocycles. The van der Waals surface area contributed by atoms with E-state index in [1.165, 1.54) is 12.8 Å². The highest BCUT2D eigenvalue weighted by Gasteiger charge is 2.20. The SMILES string of the molecule is Cn1cc(C(CC2CCCCO2)NN)cn1. The Bertz CT molecular complexity index is 320. The first-order chi connectivity index (χ1) is 7.79. The van der Waals surface area contributed by atoms with Crippen molar-refractivity contribution in [3.63, 3.8) is 0 Å². The molecular weight excluding hydrogens is 204 g/mol. The fourth-order valence-corrected chi connectivity index (χ4v) is 2.18. The standard InChI is InChI=1S/C11H20N4O/c1-15-8-9(7-13-15)11(14-12)6-10-4-2-3-5-16-10/h7-8,10-11,14H,2-6,12H2,1H3. The average molecular weight is 224 g/mol. The highest BCUT2D eigenvalue weighted by atomic mass is 16.5. The van der Waals surface area contributed by atoms with Gasteiger partial charge >= 0.3 is 0 Å². The quantitative estimate of drug-likeness (QED) is 0.588. The predicted molar refractivity (Wildman–Crippen MR) is 61.5 cm³/mol. The molecular formula is C11H20N4O. The fourth-order valence-electron chi connectivity index (χ4n) is 2.18. The maximum absolute atomic E-state index is 5.72. The van der Waals surface area contributed by atoms with Crippen LogP contribution in [0, 0.1) is 0 Å². The molecule has 1 aliphatic heterocycles. The number of aromatic nitrogens is 2. The van der Waals surface area contributed by atoms with E-state index in [9.17, 15) is 0 Å². The van der Waals surface area contributed by atoms with Crippen LogP contribution in [-0.2, 0) is 11.8 Å². The first-order valence-electron chi connectivity index (χ1n) is 5.86. The second-order valence-electron chi connectivity index (χ2n) is 4.39. The Morgan fingerprint density at radius 1 is 1.69 bits per heavy atom. The minimum Gasteiger partial charge on any atom is -0.378 e.